The van der Waals surface area contributed by atoms with Crippen molar-refractivity contribution in [2.24, 2.45) is 0 Å². The lowest BCUT2D eigenvalue weighted by atomic mass is 10.2. The van der Waals surface area contributed by atoms with Crippen molar-refractivity contribution in [1.29, 1.82) is 0 Å². The highest BCUT2D eigenvalue weighted by Gasteiger charge is 2.08. The number of thioether (sulfide) groups is 1. The molecule has 7 heteroatoms. The average Bonchev–Trinajstić information content (AvgIpc) is 2.98. The molecule has 0 unspecified atom stereocenters. The molecule has 2 aromatic heterocycles. The van der Waals surface area contributed by atoms with Crippen molar-refractivity contribution in [2.75, 3.05) is 29.5 Å². The normalized spacial score (nSPS) is 17.2. The molecule has 0 spiro atoms. The van der Waals surface area contributed by atoms with E-state index in [2.05, 4.69) is 31.0 Å². The van der Waals surface area contributed by atoms with E-state index in [4.69, 9.17) is 0 Å². The Morgan fingerprint density at radius 2 is 1.65 bits per heavy atom. The monoisotopic (exact) mass is 292 g/mol. The van der Waals surface area contributed by atoms with E-state index in [0.717, 1.165) is 30.5 Å². The maximum Gasteiger partial charge on any atom is 0.125 e. The molecule has 108 valence electrons. The maximum absolute atomic E-state index is 3.96. The predicted molar refractivity (Wildman–Crippen MR) is 83.3 cm³/mol. The van der Waals surface area contributed by atoms with Crippen LogP contribution in [0.5, 0.6) is 0 Å². The van der Waals surface area contributed by atoms with Crippen LogP contribution in [0, 0.1) is 0 Å². The SMILES string of the molecule is c1n[nH]c2c1CCCCN2.c1n[nH]c2c1CSCCN2. The van der Waals surface area contributed by atoms with Gasteiger partial charge in [0, 0.05) is 35.7 Å². The zero-order valence-corrected chi connectivity index (χ0v) is 12.2. The van der Waals surface area contributed by atoms with Crippen LogP contribution in [0.2, 0.25) is 0 Å². The molecule has 0 aliphatic carbocycles. The Balaban J connectivity index is 0.000000121. The van der Waals surface area contributed by atoms with Crippen molar-refractivity contribution in [1.82, 2.24) is 20.4 Å². The number of aryl methyl sites for hydroxylation is 1. The molecular formula is C13H20N6S. The molecule has 2 aliphatic rings. The minimum Gasteiger partial charge on any atom is -0.370 e. The third kappa shape index (κ3) is 3.27. The van der Waals surface area contributed by atoms with Gasteiger partial charge in [-0.15, -0.1) is 0 Å². The zero-order valence-electron chi connectivity index (χ0n) is 11.4. The molecule has 6 nitrogen and oxygen atoms in total. The largest absolute Gasteiger partial charge is 0.370 e. The third-order valence-corrected chi connectivity index (χ3v) is 4.42. The smallest absolute Gasteiger partial charge is 0.125 e. The second kappa shape index (κ2) is 6.69. The molecule has 0 amide bonds. The first-order valence-corrected chi connectivity index (χ1v) is 8.19. The predicted octanol–water partition coefficient (Wildman–Crippen LogP) is 2.23. The van der Waals surface area contributed by atoms with Gasteiger partial charge in [0.15, 0.2) is 0 Å². The highest BCUT2D eigenvalue weighted by atomic mass is 32.2. The summed E-state index contributed by atoms with van der Waals surface area (Å²) in [5, 5.41) is 20.3. The summed E-state index contributed by atoms with van der Waals surface area (Å²) in [7, 11) is 0. The number of fused-ring (bicyclic) bond motifs is 2. The van der Waals surface area contributed by atoms with Crippen molar-refractivity contribution in [3.63, 3.8) is 0 Å². The Kier molecular flexibility index (Phi) is 4.47. The van der Waals surface area contributed by atoms with E-state index >= 15 is 0 Å². The molecule has 0 bridgehead atoms. The highest BCUT2D eigenvalue weighted by Crippen LogP contribution is 2.21. The van der Waals surface area contributed by atoms with E-state index in [9.17, 15) is 0 Å². The molecule has 2 aromatic rings. The van der Waals surface area contributed by atoms with Crippen LogP contribution in [0.4, 0.5) is 11.6 Å². The topological polar surface area (TPSA) is 81.4 Å². The van der Waals surface area contributed by atoms with Gasteiger partial charge in [0.2, 0.25) is 0 Å². The van der Waals surface area contributed by atoms with Crippen LogP contribution in [0.3, 0.4) is 0 Å². The number of nitrogens with zero attached hydrogens (tertiary/aromatic N) is 2. The van der Waals surface area contributed by atoms with E-state index in [1.54, 1.807) is 0 Å². The molecule has 2 aliphatic heterocycles. The van der Waals surface area contributed by atoms with Gasteiger partial charge in [-0.05, 0) is 19.3 Å². The summed E-state index contributed by atoms with van der Waals surface area (Å²) in [6, 6.07) is 0. The molecule has 20 heavy (non-hydrogen) atoms. The summed E-state index contributed by atoms with van der Waals surface area (Å²) >= 11 is 1.94. The van der Waals surface area contributed by atoms with Crippen LogP contribution in [0.25, 0.3) is 0 Å². The van der Waals surface area contributed by atoms with Crippen molar-refractivity contribution in [2.45, 2.75) is 25.0 Å². The van der Waals surface area contributed by atoms with Crippen LogP contribution >= 0.6 is 11.8 Å². The first kappa shape index (κ1) is 13.4. The Hall–Kier alpha value is -1.63. The van der Waals surface area contributed by atoms with Gasteiger partial charge < -0.3 is 10.6 Å². The number of aromatic amines is 2. The Morgan fingerprint density at radius 1 is 0.900 bits per heavy atom. The average molecular weight is 292 g/mol. The molecule has 4 heterocycles. The van der Waals surface area contributed by atoms with E-state index in [-0.39, 0.29) is 0 Å². The van der Waals surface area contributed by atoms with Crippen LogP contribution < -0.4 is 10.6 Å². The van der Waals surface area contributed by atoms with E-state index in [1.807, 2.05) is 24.2 Å². The van der Waals surface area contributed by atoms with Crippen LogP contribution in [0.1, 0.15) is 24.0 Å². The Bertz CT molecular complexity index is 445. The number of H-pyrrole nitrogens is 2. The fourth-order valence-corrected chi connectivity index (χ4v) is 3.14. The number of nitrogens with one attached hydrogen (secondary N) is 4. The van der Waals surface area contributed by atoms with Gasteiger partial charge in [-0.2, -0.15) is 22.0 Å². The van der Waals surface area contributed by atoms with E-state index < -0.39 is 0 Å². The van der Waals surface area contributed by atoms with Gasteiger partial charge in [-0.3, -0.25) is 10.2 Å². The highest BCUT2D eigenvalue weighted by molar-refractivity contribution is 7.98. The van der Waals surface area contributed by atoms with E-state index in [0.29, 0.717) is 0 Å². The van der Waals surface area contributed by atoms with Gasteiger partial charge in [-0.1, -0.05) is 0 Å². The van der Waals surface area contributed by atoms with Gasteiger partial charge >= 0.3 is 0 Å². The minimum absolute atomic E-state index is 1.04. The Morgan fingerprint density at radius 3 is 2.55 bits per heavy atom. The summed E-state index contributed by atoms with van der Waals surface area (Å²) in [5.41, 5.74) is 2.62. The fourth-order valence-electron chi connectivity index (χ4n) is 2.31. The minimum atomic E-state index is 1.04. The molecule has 0 saturated carbocycles. The third-order valence-electron chi connectivity index (χ3n) is 3.42. The van der Waals surface area contributed by atoms with Crippen molar-refractivity contribution in [3.8, 4) is 0 Å². The van der Waals surface area contributed by atoms with Crippen LogP contribution in [-0.4, -0.2) is 39.2 Å². The summed E-state index contributed by atoms with van der Waals surface area (Å²) in [6.07, 6.45) is 7.51. The maximum atomic E-state index is 3.96. The fraction of sp³-hybridized carbons (Fsp3) is 0.538. The van der Waals surface area contributed by atoms with Gasteiger partial charge in [0.05, 0.1) is 12.4 Å². The quantitative estimate of drug-likeness (QED) is 0.598. The first-order valence-electron chi connectivity index (χ1n) is 7.03. The lowest BCUT2D eigenvalue weighted by molar-refractivity contribution is 0.782. The Labute approximate surface area is 122 Å². The number of hydrogen-bond acceptors (Lipinski definition) is 5. The van der Waals surface area contributed by atoms with Gasteiger partial charge in [0.1, 0.15) is 11.6 Å². The molecular weight excluding hydrogens is 272 g/mol. The van der Waals surface area contributed by atoms with Crippen molar-refractivity contribution >= 4 is 23.4 Å². The lowest BCUT2D eigenvalue weighted by Gasteiger charge is -1.97. The van der Waals surface area contributed by atoms with Gasteiger partial charge in [-0.25, -0.2) is 0 Å². The number of hydrogen-bond donors (Lipinski definition) is 4. The summed E-state index contributed by atoms with van der Waals surface area (Å²) in [6.45, 7) is 2.12. The molecule has 0 atom stereocenters. The molecule has 0 radical (unpaired) electrons. The lowest BCUT2D eigenvalue weighted by Crippen LogP contribution is -2.02. The zero-order chi connectivity index (χ0) is 13.6. The van der Waals surface area contributed by atoms with Crippen molar-refractivity contribution in [3.05, 3.63) is 23.5 Å². The summed E-state index contributed by atoms with van der Waals surface area (Å²) in [5.74, 6) is 4.49. The van der Waals surface area contributed by atoms with Crippen LogP contribution in [0.15, 0.2) is 12.4 Å². The number of rotatable bonds is 0. The van der Waals surface area contributed by atoms with E-state index in [1.165, 1.54) is 36.1 Å². The standard InChI is InChI=1S/C7H11N3.C6H9N3S/c1-2-4-8-7-6(3-1)5-9-10-7;1-2-10-4-5-3-8-9-6(5)7-1/h5H,1-4H2,(H2,8,9,10);3H,1-2,4H2,(H2,7,8,9). The first-order chi connectivity index (χ1) is 9.93. The summed E-state index contributed by atoms with van der Waals surface area (Å²) in [4.78, 5) is 0. The molecule has 4 N–H and O–H groups in total. The second-order valence-electron chi connectivity index (χ2n) is 4.90. The van der Waals surface area contributed by atoms with Crippen LogP contribution in [-0.2, 0) is 12.2 Å². The number of aromatic nitrogens is 4. The summed E-state index contributed by atoms with van der Waals surface area (Å²) < 4.78 is 0. The second-order valence-corrected chi connectivity index (χ2v) is 6.01. The van der Waals surface area contributed by atoms with Gasteiger partial charge in [0.25, 0.3) is 0 Å². The van der Waals surface area contributed by atoms with Crippen molar-refractivity contribution < 1.29 is 0 Å². The number of anilines is 2. The molecule has 0 aromatic carbocycles. The molecule has 0 saturated heterocycles. The molecule has 4 rings (SSSR count). The molecule has 0 fully saturated rings.